The van der Waals surface area contributed by atoms with Crippen molar-refractivity contribution in [1.29, 1.82) is 0 Å². The van der Waals surface area contributed by atoms with Gasteiger partial charge in [0.05, 0.1) is 0 Å². The highest BCUT2D eigenvalue weighted by Crippen LogP contribution is 1.95. The summed E-state index contributed by atoms with van der Waals surface area (Å²) in [6.45, 7) is 5.72. The van der Waals surface area contributed by atoms with E-state index < -0.39 is 0 Å². The fourth-order valence-corrected chi connectivity index (χ4v) is 1.58. The summed E-state index contributed by atoms with van der Waals surface area (Å²) in [5, 5.41) is 6.26. The summed E-state index contributed by atoms with van der Waals surface area (Å²) >= 11 is 0. The normalized spacial score (nSPS) is 10.5. The number of carbonyl (C=O) groups excluding carboxylic acids is 1. The lowest BCUT2D eigenvalue weighted by molar-refractivity contribution is -0.121. The molecule has 4 heteroatoms. The topological polar surface area (TPSA) is 67.2 Å². The van der Waals surface area contributed by atoms with Crippen molar-refractivity contribution >= 4 is 5.91 Å². The van der Waals surface area contributed by atoms with Gasteiger partial charge in [-0.05, 0) is 45.3 Å². The molecule has 0 atom stereocenters. The first-order chi connectivity index (χ1) is 8.31. The lowest BCUT2D eigenvalue weighted by Crippen LogP contribution is -2.24. The number of carbonyl (C=O) groups is 1. The van der Waals surface area contributed by atoms with Crippen LogP contribution in [0, 0.1) is 0 Å². The Morgan fingerprint density at radius 3 is 2.41 bits per heavy atom. The van der Waals surface area contributed by atoms with Gasteiger partial charge in [0, 0.05) is 13.0 Å². The third-order valence-electron chi connectivity index (χ3n) is 2.67. The number of nitrogens with two attached hydrogens (primary N) is 1. The van der Waals surface area contributed by atoms with E-state index in [2.05, 4.69) is 17.6 Å². The van der Waals surface area contributed by atoms with Gasteiger partial charge in [-0.3, -0.25) is 4.79 Å². The smallest absolute Gasteiger partial charge is 0.219 e. The average molecular weight is 243 g/mol. The van der Waals surface area contributed by atoms with Gasteiger partial charge in [0.25, 0.3) is 0 Å². The molecule has 0 aromatic rings. The molecule has 0 fully saturated rings. The average Bonchev–Trinajstić information content (AvgIpc) is 2.33. The minimum atomic E-state index is 0.197. The lowest BCUT2D eigenvalue weighted by Gasteiger charge is -2.05. The highest BCUT2D eigenvalue weighted by Gasteiger charge is 1.99. The van der Waals surface area contributed by atoms with Gasteiger partial charge in [-0.2, -0.15) is 0 Å². The fraction of sp³-hybridized carbons (Fsp3) is 0.923. The quantitative estimate of drug-likeness (QED) is 0.454. The molecule has 0 spiro atoms. The molecule has 0 radical (unpaired) electrons. The molecule has 0 bridgehead atoms. The third-order valence-corrected chi connectivity index (χ3v) is 2.67. The molecule has 0 aliphatic heterocycles. The van der Waals surface area contributed by atoms with Crippen LogP contribution in [0.3, 0.4) is 0 Å². The predicted molar refractivity (Wildman–Crippen MR) is 72.9 cm³/mol. The van der Waals surface area contributed by atoms with Gasteiger partial charge in [0.1, 0.15) is 0 Å². The molecule has 102 valence electrons. The summed E-state index contributed by atoms with van der Waals surface area (Å²) < 4.78 is 0. The fourth-order valence-electron chi connectivity index (χ4n) is 1.58. The Kier molecular flexibility index (Phi) is 13.0. The van der Waals surface area contributed by atoms with E-state index in [1.807, 2.05) is 0 Å². The van der Waals surface area contributed by atoms with Crippen molar-refractivity contribution in [2.24, 2.45) is 5.73 Å². The van der Waals surface area contributed by atoms with Gasteiger partial charge in [-0.1, -0.05) is 19.8 Å². The van der Waals surface area contributed by atoms with Crippen LogP contribution in [0.4, 0.5) is 0 Å². The summed E-state index contributed by atoms with van der Waals surface area (Å²) in [4.78, 5) is 11.4. The van der Waals surface area contributed by atoms with Crippen LogP contribution < -0.4 is 16.4 Å². The lowest BCUT2D eigenvalue weighted by atomic mass is 10.2. The molecule has 4 N–H and O–H groups in total. The maximum Gasteiger partial charge on any atom is 0.219 e. The van der Waals surface area contributed by atoms with Crippen molar-refractivity contribution < 1.29 is 4.79 Å². The summed E-state index contributed by atoms with van der Waals surface area (Å²) in [5.41, 5.74) is 5.38. The van der Waals surface area contributed by atoms with Crippen molar-refractivity contribution in [2.45, 2.75) is 51.9 Å². The molecule has 17 heavy (non-hydrogen) atoms. The molecule has 0 aromatic carbocycles. The van der Waals surface area contributed by atoms with E-state index in [0.29, 0.717) is 6.42 Å². The molecule has 0 aromatic heterocycles. The summed E-state index contributed by atoms with van der Waals surface area (Å²) in [6, 6.07) is 0. The zero-order chi connectivity index (χ0) is 12.8. The molecule has 0 unspecified atom stereocenters. The Morgan fingerprint density at radius 1 is 1.00 bits per heavy atom. The number of unbranched alkanes of at least 4 members (excludes halogenated alkanes) is 3. The second kappa shape index (κ2) is 13.5. The van der Waals surface area contributed by atoms with Crippen molar-refractivity contribution in [3.63, 3.8) is 0 Å². The van der Waals surface area contributed by atoms with Crippen molar-refractivity contribution in [1.82, 2.24) is 10.6 Å². The van der Waals surface area contributed by atoms with Gasteiger partial charge in [0.15, 0.2) is 0 Å². The Labute approximate surface area is 106 Å². The van der Waals surface area contributed by atoms with E-state index in [0.717, 1.165) is 51.9 Å². The van der Waals surface area contributed by atoms with Crippen LogP contribution in [0.1, 0.15) is 51.9 Å². The van der Waals surface area contributed by atoms with E-state index in [1.165, 1.54) is 12.8 Å². The van der Waals surface area contributed by atoms with Crippen molar-refractivity contribution in [3.05, 3.63) is 0 Å². The number of amides is 1. The third kappa shape index (κ3) is 13.3. The molecule has 0 aliphatic rings. The number of nitrogens with one attached hydrogen (secondary N) is 2. The Hall–Kier alpha value is -0.610. The molecular weight excluding hydrogens is 214 g/mol. The minimum absolute atomic E-state index is 0.197. The zero-order valence-electron chi connectivity index (χ0n) is 11.3. The largest absolute Gasteiger partial charge is 0.356 e. The van der Waals surface area contributed by atoms with Crippen LogP contribution in [-0.2, 0) is 4.79 Å². The minimum Gasteiger partial charge on any atom is -0.356 e. The monoisotopic (exact) mass is 243 g/mol. The van der Waals surface area contributed by atoms with Gasteiger partial charge >= 0.3 is 0 Å². The first kappa shape index (κ1) is 16.4. The second-order valence-electron chi connectivity index (χ2n) is 4.41. The van der Waals surface area contributed by atoms with Crippen LogP contribution in [0.5, 0.6) is 0 Å². The van der Waals surface area contributed by atoms with Gasteiger partial charge in [-0.15, -0.1) is 0 Å². The van der Waals surface area contributed by atoms with Crippen LogP contribution in [0.25, 0.3) is 0 Å². The maximum absolute atomic E-state index is 11.4. The van der Waals surface area contributed by atoms with E-state index in [9.17, 15) is 4.79 Å². The Bertz CT molecular complexity index is 174. The molecule has 0 saturated carbocycles. The van der Waals surface area contributed by atoms with E-state index in [1.54, 1.807) is 0 Å². The zero-order valence-corrected chi connectivity index (χ0v) is 11.3. The molecular formula is C13H29N3O. The van der Waals surface area contributed by atoms with E-state index in [-0.39, 0.29) is 5.91 Å². The molecule has 1 amide bonds. The second-order valence-corrected chi connectivity index (χ2v) is 4.41. The summed E-state index contributed by atoms with van der Waals surface area (Å²) in [7, 11) is 0. The maximum atomic E-state index is 11.4. The first-order valence-electron chi connectivity index (χ1n) is 6.98. The Morgan fingerprint density at radius 2 is 1.71 bits per heavy atom. The molecule has 0 aliphatic carbocycles. The standard InChI is InChI=1S/C13H29N3O/c1-2-3-5-12-16-13(17)8-4-6-10-15-11-7-9-14/h15H,2-12,14H2,1H3,(H,16,17). The molecule has 0 rings (SSSR count). The highest BCUT2D eigenvalue weighted by atomic mass is 16.1. The van der Waals surface area contributed by atoms with Gasteiger partial charge in [0.2, 0.25) is 5.91 Å². The Balaban J connectivity index is 3.11. The number of hydrogen-bond acceptors (Lipinski definition) is 3. The summed E-state index contributed by atoms with van der Waals surface area (Å²) in [5.74, 6) is 0.197. The van der Waals surface area contributed by atoms with E-state index >= 15 is 0 Å². The van der Waals surface area contributed by atoms with Crippen LogP contribution in [0.2, 0.25) is 0 Å². The summed E-state index contributed by atoms with van der Waals surface area (Å²) in [6.07, 6.45) is 7.21. The SMILES string of the molecule is CCCCCNC(=O)CCCCNCCCN. The van der Waals surface area contributed by atoms with Crippen molar-refractivity contribution in [2.75, 3.05) is 26.2 Å². The van der Waals surface area contributed by atoms with Crippen LogP contribution >= 0.6 is 0 Å². The number of hydrogen-bond donors (Lipinski definition) is 3. The number of rotatable bonds is 12. The van der Waals surface area contributed by atoms with Crippen LogP contribution in [0.15, 0.2) is 0 Å². The van der Waals surface area contributed by atoms with E-state index in [4.69, 9.17) is 5.73 Å². The predicted octanol–water partition coefficient (Wildman–Crippen LogP) is 1.40. The first-order valence-corrected chi connectivity index (χ1v) is 6.98. The molecule has 0 saturated heterocycles. The molecule has 0 heterocycles. The van der Waals surface area contributed by atoms with Crippen molar-refractivity contribution in [3.8, 4) is 0 Å². The highest BCUT2D eigenvalue weighted by molar-refractivity contribution is 5.75. The van der Waals surface area contributed by atoms with Crippen LogP contribution in [-0.4, -0.2) is 32.1 Å². The van der Waals surface area contributed by atoms with Gasteiger partial charge < -0.3 is 16.4 Å². The van der Waals surface area contributed by atoms with Gasteiger partial charge in [-0.25, -0.2) is 0 Å². The molecule has 4 nitrogen and oxygen atoms in total.